The van der Waals surface area contributed by atoms with Gasteiger partial charge in [-0.2, -0.15) is 0 Å². The summed E-state index contributed by atoms with van der Waals surface area (Å²) in [5.74, 6) is 0.880. The van der Waals surface area contributed by atoms with Crippen molar-refractivity contribution in [3.8, 4) is 5.75 Å². The van der Waals surface area contributed by atoms with Crippen molar-refractivity contribution in [3.05, 3.63) is 36.0 Å². The van der Waals surface area contributed by atoms with Crippen LogP contribution in [0.2, 0.25) is 0 Å². The lowest BCUT2D eigenvalue weighted by Crippen LogP contribution is -2.13. The lowest BCUT2D eigenvalue weighted by Gasteiger charge is -2.11. The lowest BCUT2D eigenvalue weighted by molar-refractivity contribution is 0.239. The van der Waals surface area contributed by atoms with Crippen LogP contribution < -0.4 is 10.3 Å². The summed E-state index contributed by atoms with van der Waals surface area (Å²) in [5.41, 5.74) is 3.77. The highest BCUT2D eigenvalue weighted by Crippen LogP contribution is 2.20. The van der Waals surface area contributed by atoms with Crippen molar-refractivity contribution in [1.82, 2.24) is 5.48 Å². The standard InChI is InChI=1S/C8H7NO.11CH4O/c1-2-4-8-7(3-1)5-6-9-10-8;11*1-2/h1-6,9H;11*2H,1H3. The van der Waals surface area contributed by atoms with Gasteiger partial charge in [-0.05, 0) is 12.1 Å². The maximum absolute atomic E-state index is 7.00. The topological polar surface area (TPSA) is 244 Å². The Hall–Kier alpha value is -1.88. The second-order valence-electron chi connectivity index (χ2n) is 2.09. The van der Waals surface area contributed by atoms with Crippen molar-refractivity contribution in [2.45, 2.75) is 0 Å². The zero-order chi connectivity index (χ0) is 28.8. The minimum atomic E-state index is 0.880. The van der Waals surface area contributed by atoms with Gasteiger partial charge in [-0.25, -0.2) is 5.48 Å². The Kier molecular flexibility index (Phi) is 309. The Morgan fingerprint density at radius 3 is 1.03 bits per heavy atom. The second-order valence-corrected chi connectivity index (χ2v) is 2.09. The molecule has 13 heteroatoms. The minimum Gasteiger partial charge on any atom is -0.400 e. The summed E-state index contributed by atoms with van der Waals surface area (Å²) >= 11 is 0. The van der Waals surface area contributed by atoms with Crippen LogP contribution in [-0.2, 0) is 0 Å². The molecule has 2 rings (SSSR count). The van der Waals surface area contributed by atoms with Crippen molar-refractivity contribution in [2.24, 2.45) is 0 Å². The Balaban J connectivity index is -0.0000000238. The van der Waals surface area contributed by atoms with Crippen molar-refractivity contribution in [1.29, 1.82) is 0 Å². The maximum Gasteiger partial charge on any atom is 0.162 e. The van der Waals surface area contributed by atoms with Gasteiger partial charge in [0.1, 0.15) is 0 Å². The van der Waals surface area contributed by atoms with Gasteiger partial charge in [-0.15, -0.1) is 0 Å². The average molecular weight is 486 g/mol. The minimum absolute atomic E-state index is 0.880. The van der Waals surface area contributed by atoms with Gasteiger partial charge < -0.3 is 61.0 Å². The molecule has 0 radical (unpaired) electrons. The lowest BCUT2D eigenvalue weighted by atomic mass is 10.2. The van der Waals surface area contributed by atoms with Crippen LogP contribution in [0.25, 0.3) is 6.08 Å². The number of fused-ring (bicyclic) bond motifs is 1. The molecule has 0 bridgehead atoms. The molecule has 1 aliphatic heterocycles. The van der Waals surface area contributed by atoms with E-state index in [4.69, 9.17) is 61.0 Å². The number of aliphatic hydroxyl groups excluding tert-OH is 11. The molecule has 1 heterocycles. The van der Waals surface area contributed by atoms with Crippen molar-refractivity contribution in [2.75, 3.05) is 78.2 Å². The fourth-order valence-corrected chi connectivity index (χ4v) is 0.932. The van der Waals surface area contributed by atoms with Crippen LogP contribution in [0.4, 0.5) is 0 Å². The largest absolute Gasteiger partial charge is 0.400 e. The highest BCUT2D eigenvalue weighted by molar-refractivity contribution is 5.57. The molecule has 1 aliphatic rings. The third-order valence-electron chi connectivity index (χ3n) is 1.42. The molecule has 12 N–H and O–H groups in total. The molecule has 0 unspecified atom stereocenters. The van der Waals surface area contributed by atoms with Gasteiger partial charge >= 0.3 is 0 Å². The van der Waals surface area contributed by atoms with E-state index >= 15 is 0 Å². The van der Waals surface area contributed by atoms with E-state index in [1.807, 2.05) is 30.3 Å². The molecule has 0 aliphatic carbocycles. The van der Waals surface area contributed by atoms with E-state index in [-0.39, 0.29) is 0 Å². The summed E-state index contributed by atoms with van der Waals surface area (Å²) in [5, 5.41) is 77.0. The summed E-state index contributed by atoms with van der Waals surface area (Å²) in [4.78, 5) is 5.09. The molecule has 0 amide bonds. The highest BCUT2D eigenvalue weighted by Gasteiger charge is 2.01. The first-order valence-electron chi connectivity index (χ1n) is 8.07. The molecule has 0 saturated carbocycles. The van der Waals surface area contributed by atoms with Gasteiger partial charge in [0, 0.05) is 90.0 Å². The van der Waals surface area contributed by atoms with Crippen molar-refractivity contribution in [3.63, 3.8) is 0 Å². The Morgan fingerprint density at radius 1 is 0.469 bits per heavy atom. The number of nitrogens with one attached hydrogen (secondary N) is 1. The number of para-hydroxylation sites is 1. The molecular formula is C19H51NO12. The molecule has 1 aromatic rings. The molecule has 0 saturated heterocycles. The summed E-state index contributed by atoms with van der Waals surface area (Å²) in [6.07, 6.45) is 3.74. The highest BCUT2D eigenvalue weighted by atomic mass is 16.6. The molecule has 0 atom stereocenters. The number of hydrogen-bond acceptors (Lipinski definition) is 13. The molecule has 32 heavy (non-hydrogen) atoms. The van der Waals surface area contributed by atoms with Crippen LogP contribution >= 0.6 is 0 Å². The van der Waals surface area contributed by atoms with Crippen LogP contribution in [0.1, 0.15) is 5.56 Å². The van der Waals surface area contributed by atoms with E-state index in [2.05, 4.69) is 5.48 Å². The fraction of sp³-hybridized carbons (Fsp3) is 0.579. The quantitative estimate of drug-likeness (QED) is 0.178. The fourth-order valence-electron chi connectivity index (χ4n) is 0.932. The molecule has 1 aromatic carbocycles. The van der Waals surface area contributed by atoms with E-state index in [1.165, 1.54) is 0 Å². The Morgan fingerprint density at radius 2 is 0.750 bits per heavy atom. The van der Waals surface area contributed by atoms with E-state index in [1.54, 1.807) is 6.20 Å². The first-order valence-corrected chi connectivity index (χ1v) is 8.07. The second kappa shape index (κ2) is 157. The number of hydrogen-bond donors (Lipinski definition) is 12. The summed E-state index contributed by atoms with van der Waals surface area (Å²) in [7, 11) is 11.0. The Labute approximate surface area is 193 Å². The average Bonchev–Trinajstić information content (AvgIpc) is 3.00. The summed E-state index contributed by atoms with van der Waals surface area (Å²) in [6, 6.07) is 7.86. The van der Waals surface area contributed by atoms with E-state index in [0.29, 0.717) is 0 Å². The van der Waals surface area contributed by atoms with Gasteiger partial charge in [0.15, 0.2) is 5.75 Å². The number of hydroxylamine groups is 1. The SMILES string of the molecule is C1=Cc2ccccc2ON1.CO.CO.CO.CO.CO.CO.CO.CO.CO.CO.CO. The smallest absolute Gasteiger partial charge is 0.162 e. The van der Waals surface area contributed by atoms with Gasteiger partial charge in [0.2, 0.25) is 0 Å². The van der Waals surface area contributed by atoms with Gasteiger partial charge in [0.25, 0.3) is 0 Å². The molecule has 0 fully saturated rings. The van der Waals surface area contributed by atoms with Crippen LogP contribution in [0.5, 0.6) is 5.75 Å². The number of rotatable bonds is 0. The molecule has 204 valence electrons. The number of benzene rings is 1. The predicted octanol–water partition coefficient (Wildman–Crippen LogP) is -2.75. The Bertz CT molecular complexity index is 295. The van der Waals surface area contributed by atoms with Crippen LogP contribution in [-0.4, -0.2) is 134 Å². The third-order valence-corrected chi connectivity index (χ3v) is 1.42. The first kappa shape index (κ1) is 63.1. The monoisotopic (exact) mass is 485 g/mol. The van der Waals surface area contributed by atoms with Crippen LogP contribution in [0, 0.1) is 0 Å². The zero-order valence-corrected chi connectivity index (χ0v) is 21.3. The van der Waals surface area contributed by atoms with Gasteiger partial charge in [-0.1, -0.05) is 18.2 Å². The van der Waals surface area contributed by atoms with Gasteiger partial charge in [-0.3, -0.25) is 0 Å². The maximum atomic E-state index is 7.00. The van der Waals surface area contributed by atoms with Gasteiger partial charge in [0.05, 0.1) is 0 Å². The third kappa shape index (κ3) is 79.6. The zero-order valence-electron chi connectivity index (χ0n) is 21.3. The van der Waals surface area contributed by atoms with Crippen LogP contribution in [0.3, 0.4) is 0 Å². The summed E-state index contributed by atoms with van der Waals surface area (Å²) < 4.78 is 0. The van der Waals surface area contributed by atoms with E-state index in [0.717, 1.165) is 89.5 Å². The van der Waals surface area contributed by atoms with E-state index < -0.39 is 0 Å². The van der Waals surface area contributed by atoms with E-state index in [9.17, 15) is 0 Å². The van der Waals surface area contributed by atoms with Crippen molar-refractivity contribution < 1.29 is 61.0 Å². The summed E-state index contributed by atoms with van der Waals surface area (Å²) in [6.45, 7) is 0. The molecular weight excluding hydrogens is 434 g/mol. The molecule has 13 nitrogen and oxygen atoms in total. The van der Waals surface area contributed by atoms with Crippen LogP contribution in [0.15, 0.2) is 30.5 Å². The number of aliphatic hydroxyl groups is 11. The van der Waals surface area contributed by atoms with Crippen molar-refractivity contribution >= 4 is 6.08 Å². The first-order chi connectivity index (χ1) is 16.0. The molecule has 0 spiro atoms. The predicted molar refractivity (Wildman–Crippen MR) is 129 cm³/mol. The molecule has 0 aromatic heterocycles. The normalized spacial score (nSPS) is 6.19.